The number of thioether (sulfide) groups is 1. The van der Waals surface area contributed by atoms with Gasteiger partial charge >= 0.3 is 0 Å². The van der Waals surface area contributed by atoms with Crippen LogP contribution in [0.3, 0.4) is 0 Å². The minimum absolute atomic E-state index is 0.0194. The van der Waals surface area contributed by atoms with Gasteiger partial charge in [0, 0.05) is 18.4 Å². The predicted octanol–water partition coefficient (Wildman–Crippen LogP) is 1.82. The monoisotopic (exact) mass is 296 g/mol. The van der Waals surface area contributed by atoms with Crippen LogP contribution in [0.15, 0.2) is 12.1 Å². The Kier molecular flexibility index (Phi) is 4.14. The molecule has 0 bridgehead atoms. The third-order valence-corrected chi connectivity index (χ3v) is 5.44. The highest BCUT2D eigenvalue weighted by atomic mass is 32.2. The molecule has 110 valence electrons. The molecule has 0 amide bonds. The van der Waals surface area contributed by atoms with Gasteiger partial charge in [0.2, 0.25) is 5.88 Å². The van der Waals surface area contributed by atoms with Crippen molar-refractivity contribution in [1.82, 2.24) is 10.2 Å². The van der Waals surface area contributed by atoms with Gasteiger partial charge in [-0.2, -0.15) is 11.8 Å². The fourth-order valence-electron chi connectivity index (χ4n) is 3.04. The number of aliphatic hydroxyl groups is 1. The van der Waals surface area contributed by atoms with Crippen LogP contribution < -0.4 is 4.74 Å². The summed E-state index contributed by atoms with van der Waals surface area (Å²) in [5.41, 5.74) is 0.604. The molecule has 20 heavy (non-hydrogen) atoms. The van der Waals surface area contributed by atoms with Crippen LogP contribution in [-0.4, -0.2) is 46.1 Å². The molecule has 1 aromatic rings. The summed E-state index contributed by atoms with van der Waals surface area (Å²) in [5.74, 6) is 2.87. The second-order valence-electron chi connectivity index (χ2n) is 5.53. The fraction of sp³-hybridized carbons (Fsp3) is 0.714. The summed E-state index contributed by atoms with van der Waals surface area (Å²) in [7, 11) is 1.56. The van der Waals surface area contributed by atoms with E-state index in [1.54, 1.807) is 19.2 Å². The van der Waals surface area contributed by atoms with Crippen LogP contribution in [0.25, 0.3) is 0 Å². The van der Waals surface area contributed by atoms with Crippen molar-refractivity contribution in [3.05, 3.63) is 17.8 Å². The molecule has 3 atom stereocenters. The lowest BCUT2D eigenvalue weighted by Gasteiger charge is -2.39. The van der Waals surface area contributed by atoms with E-state index >= 15 is 0 Å². The number of ether oxygens (including phenoxy) is 2. The topological polar surface area (TPSA) is 64.5 Å². The molecule has 1 spiro atoms. The molecule has 6 heteroatoms. The normalized spacial score (nSPS) is 31.4. The second kappa shape index (κ2) is 5.87. The molecule has 0 saturated carbocycles. The van der Waals surface area contributed by atoms with E-state index in [1.807, 2.05) is 11.8 Å². The number of rotatable bonds is 3. The molecule has 3 rings (SSSR count). The molecule has 3 unspecified atom stereocenters. The zero-order valence-corrected chi connectivity index (χ0v) is 12.4. The highest BCUT2D eigenvalue weighted by Crippen LogP contribution is 2.43. The lowest BCUT2D eigenvalue weighted by atomic mass is 9.81. The van der Waals surface area contributed by atoms with Crippen LogP contribution in [0.5, 0.6) is 5.88 Å². The quantitative estimate of drug-likeness (QED) is 0.918. The summed E-state index contributed by atoms with van der Waals surface area (Å²) in [5, 5.41) is 18.6. The Morgan fingerprint density at radius 3 is 3.05 bits per heavy atom. The van der Waals surface area contributed by atoms with E-state index in [4.69, 9.17) is 9.47 Å². The fourth-order valence-corrected chi connectivity index (χ4v) is 4.42. The Bertz CT molecular complexity index is 448. The van der Waals surface area contributed by atoms with Crippen molar-refractivity contribution in [2.24, 2.45) is 5.92 Å². The molecule has 5 nitrogen and oxygen atoms in total. The maximum absolute atomic E-state index is 10.5. The summed E-state index contributed by atoms with van der Waals surface area (Å²) in [6.07, 6.45) is 2.31. The number of nitrogens with zero attached hydrogens (tertiary/aromatic N) is 2. The summed E-state index contributed by atoms with van der Waals surface area (Å²) in [6, 6.07) is 3.54. The van der Waals surface area contributed by atoms with Crippen molar-refractivity contribution in [2.45, 2.75) is 31.0 Å². The molecular formula is C14H20N2O3S. The van der Waals surface area contributed by atoms with Crippen molar-refractivity contribution in [3.8, 4) is 5.88 Å². The van der Waals surface area contributed by atoms with Gasteiger partial charge in [-0.3, -0.25) is 0 Å². The van der Waals surface area contributed by atoms with Gasteiger partial charge in [-0.1, -0.05) is 0 Å². The zero-order valence-electron chi connectivity index (χ0n) is 11.6. The van der Waals surface area contributed by atoms with Crippen molar-refractivity contribution < 1.29 is 14.6 Å². The molecule has 0 radical (unpaired) electrons. The van der Waals surface area contributed by atoms with Gasteiger partial charge in [0.1, 0.15) is 6.10 Å². The number of hydrogen-bond donors (Lipinski definition) is 1. The van der Waals surface area contributed by atoms with E-state index in [-0.39, 0.29) is 11.5 Å². The predicted molar refractivity (Wildman–Crippen MR) is 76.9 cm³/mol. The minimum atomic E-state index is -0.570. The first-order valence-corrected chi connectivity index (χ1v) is 8.15. The van der Waals surface area contributed by atoms with Gasteiger partial charge < -0.3 is 14.6 Å². The number of hydrogen-bond acceptors (Lipinski definition) is 6. The molecular weight excluding hydrogens is 276 g/mol. The van der Waals surface area contributed by atoms with Crippen molar-refractivity contribution in [1.29, 1.82) is 0 Å². The Morgan fingerprint density at radius 2 is 2.40 bits per heavy atom. The Labute approximate surface area is 123 Å². The highest BCUT2D eigenvalue weighted by molar-refractivity contribution is 7.99. The number of aliphatic hydroxyl groups excluding tert-OH is 1. The molecule has 2 saturated heterocycles. The van der Waals surface area contributed by atoms with E-state index in [0.29, 0.717) is 11.6 Å². The van der Waals surface area contributed by atoms with E-state index < -0.39 is 6.10 Å². The van der Waals surface area contributed by atoms with Gasteiger partial charge in [0.05, 0.1) is 18.4 Å². The molecule has 2 aliphatic rings. The third-order valence-electron chi connectivity index (χ3n) is 4.22. The SMILES string of the molecule is COc1ccc(C(O)C2CCOC3(CCSC3)C2)nn1. The molecule has 2 fully saturated rings. The van der Waals surface area contributed by atoms with E-state index in [1.165, 1.54) is 0 Å². The molecule has 3 heterocycles. The third kappa shape index (κ3) is 2.77. The smallest absolute Gasteiger partial charge is 0.233 e. The summed E-state index contributed by atoms with van der Waals surface area (Å²) >= 11 is 1.94. The lowest BCUT2D eigenvalue weighted by molar-refractivity contribution is -0.102. The maximum atomic E-state index is 10.5. The van der Waals surface area contributed by atoms with Crippen LogP contribution in [0.2, 0.25) is 0 Å². The van der Waals surface area contributed by atoms with Crippen LogP contribution in [0.1, 0.15) is 31.1 Å². The van der Waals surface area contributed by atoms with Crippen molar-refractivity contribution in [2.75, 3.05) is 25.2 Å². The van der Waals surface area contributed by atoms with Crippen LogP contribution in [-0.2, 0) is 4.74 Å². The van der Waals surface area contributed by atoms with Crippen molar-refractivity contribution in [3.63, 3.8) is 0 Å². The number of methoxy groups -OCH3 is 1. The van der Waals surface area contributed by atoms with Crippen LogP contribution >= 0.6 is 11.8 Å². The van der Waals surface area contributed by atoms with E-state index in [9.17, 15) is 5.11 Å². The Balaban J connectivity index is 1.70. The van der Waals surface area contributed by atoms with Gasteiger partial charge in [-0.15, -0.1) is 10.2 Å². The molecule has 2 aliphatic heterocycles. The molecule has 0 aromatic carbocycles. The Morgan fingerprint density at radius 1 is 1.50 bits per heavy atom. The standard InChI is InChI=1S/C14H20N2O3S/c1-18-12-3-2-11(15-16-12)13(17)10-4-6-19-14(8-10)5-7-20-9-14/h2-3,10,13,17H,4-9H2,1H3. The van der Waals surface area contributed by atoms with Crippen molar-refractivity contribution >= 4 is 11.8 Å². The van der Waals surface area contributed by atoms with E-state index in [2.05, 4.69) is 10.2 Å². The molecule has 0 aliphatic carbocycles. The molecule has 1 aromatic heterocycles. The molecule has 1 N–H and O–H groups in total. The van der Waals surface area contributed by atoms with Gasteiger partial charge in [0.15, 0.2) is 0 Å². The lowest BCUT2D eigenvalue weighted by Crippen LogP contribution is -2.41. The van der Waals surface area contributed by atoms with E-state index in [0.717, 1.165) is 37.4 Å². The summed E-state index contributed by atoms with van der Waals surface area (Å²) in [6.45, 7) is 0.728. The van der Waals surface area contributed by atoms with Gasteiger partial charge in [0.25, 0.3) is 0 Å². The first-order chi connectivity index (χ1) is 9.72. The maximum Gasteiger partial charge on any atom is 0.233 e. The van der Waals surface area contributed by atoms with Gasteiger partial charge in [-0.05, 0) is 37.0 Å². The summed E-state index contributed by atoms with van der Waals surface area (Å²) in [4.78, 5) is 0. The Hall–Kier alpha value is -0.850. The first-order valence-electron chi connectivity index (χ1n) is 7.00. The minimum Gasteiger partial charge on any atom is -0.480 e. The average Bonchev–Trinajstić information content (AvgIpc) is 2.94. The van der Waals surface area contributed by atoms with Gasteiger partial charge in [-0.25, -0.2) is 0 Å². The average molecular weight is 296 g/mol. The van der Waals surface area contributed by atoms with Crippen LogP contribution in [0.4, 0.5) is 0 Å². The largest absolute Gasteiger partial charge is 0.480 e. The summed E-state index contributed by atoms with van der Waals surface area (Å²) < 4.78 is 11.0. The zero-order chi connectivity index (χ0) is 14.0. The number of aromatic nitrogens is 2. The second-order valence-corrected chi connectivity index (χ2v) is 6.64. The van der Waals surface area contributed by atoms with Crippen LogP contribution in [0, 0.1) is 5.92 Å². The highest BCUT2D eigenvalue weighted by Gasteiger charge is 2.42. The first kappa shape index (κ1) is 14.1.